The molecule has 0 aliphatic rings. The fraction of sp³-hybridized carbons (Fsp3) is 0.263. The van der Waals surface area contributed by atoms with Gasteiger partial charge in [-0.15, -0.1) is 0 Å². The van der Waals surface area contributed by atoms with Gasteiger partial charge in [-0.3, -0.25) is 25.0 Å². The average molecular weight is 436 g/mol. The average Bonchev–Trinajstić information content (AvgIpc) is 2.69. The number of nitro groups is 2. The van der Waals surface area contributed by atoms with E-state index < -0.39 is 27.8 Å². The smallest absolute Gasteiger partial charge is 0.329 e. The van der Waals surface area contributed by atoms with Crippen molar-refractivity contribution in [1.29, 1.82) is 0 Å². The van der Waals surface area contributed by atoms with E-state index in [1.165, 1.54) is 30.3 Å². The van der Waals surface area contributed by atoms with E-state index in [-0.39, 0.29) is 34.5 Å². The lowest BCUT2D eigenvalue weighted by atomic mass is 10.0. The second kappa shape index (κ2) is 9.79. The summed E-state index contributed by atoms with van der Waals surface area (Å²) in [6.45, 7) is 3.28. The molecule has 10 nitrogen and oxygen atoms in total. The second-order valence-electron chi connectivity index (χ2n) is 6.65. The molecule has 0 fully saturated rings. The van der Waals surface area contributed by atoms with E-state index in [1.54, 1.807) is 13.8 Å². The highest BCUT2D eigenvalue weighted by Crippen LogP contribution is 2.23. The Morgan fingerprint density at radius 3 is 2.10 bits per heavy atom. The lowest BCUT2D eigenvalue weighted by Crippen LogP contribution is -2.45. The maximum absolute atomic E-state index is 12.5. The largest absolute Gasteiger partial charge is 0.459 e. The normalized spacial score (nSPS) is 11.6. The zero-order valence-corrected chi connectivity index (χ0v) is 16.8. The first kappa shape index (κ1) is 22.8. The Morgan fingerprint density at radius 2 is 1.60 bits per heavy atom. The lowest BCUT2D eigenvalue weighted by molar-refractivity contribution is -0.385. The SMILES string of the molecule is CC(C)[C@H](NC(=O)c1ccc([N+](=O)[O-])cc1Cl)C(=O)OCc1ccc([N+](=O)[O-])cc1. The third-order valence-corrected chi connectivity index (χ3v) is 4.46. The number of hydrogen-bond acceptors (Lipinski definition) is 7. The number of esters is 1. The standard InChI is InChI=1S/C19H18ClN3O7/c1-11(2)17(19(25)30-10-12-3-5-13(6-4-12)22(26)27)21-18(24)15-8-7-14(23(28)29)9-16(15)20/h3-9,11,17H,10H2,1-2H3,(H,21,24)/t17-/m0/s1. The van der Waals surface area contributed by atoms with Gasteiger partial charge in [-0.2, -0.15) is 0 Å². The molecule has 2 aromatic rings. The minimum atomic E-state index is -0.998. The molecular formula is C19H18ClN3O7. The molecule has 0 saturated carbocycles. The van der Waals surface area contributed by atoms with E-state index in [0.29, 0.717) is 5.56 Å². The summed E-state index contributed by atoms with van der Waals surface area (Å²) in [5.41, 5.74) is 0.175. The van der Waals surface area contributed by atoms with Crippen LogP contribution < -0.4 is 5.32 Å². The Morgan fingerprint density at radius 1 is 1.03 bits per heavy atom. The van der Waals surface area contributed by atoms with E-state index in [4.69, 9.17) is 16.3 Å². The first-order valence-electron chi connectivity index (χ1n) is 8.75. The molecule has 0 saturated heterocycles. The molecule has 0 unspecified atom stereocenters. The predicted molar refractivity (Wildman–Crippen MR) is 107 cm³/mol. The van der Waals surface area contributed by atoms with Crippen molar-refractivity contribution < 1.29 is 24.2 Å². The molecule has 0 spiro atoms. The van der Waals surface area contributed by atoms with Crippen LogP contribution in [0.15, 0.2) is 42.5 Å². The van der Waals surface area contributed by atoms with Crippen molar-refractivity contribution in [3.8, 4) is 0 Å². The molecular weight excluding hydrogens is 418 g/mol. The molecule has 1 N–H and O–H groups in total. The number of benzene rings is 2. The van der Waals surface area contributed by atoms with Crippen LogP contribution >= 0.6 is 11.6 Å². The van der Waals surface area contributed by atoms with Crippen LogP contribution in [0.5, 0.6) is 0 Å². The summed E-state index contributed by atoms with van der Waals surface area (Å²) in [6.07, 6.45) is 0. The number of halogens is 1. The van der Waals surface area contributed by atoms with Gasteiger partial charge in [0, 0.05) is 24.3 Å². The van der Waals surface area contributed by atoms with E-state index >= 15 is 0 Å². The Labute approximate surface area is 176 Å². The van der Waals surface area contributed by atoms with Gasteiger partial charge in [0.25, 0.3) is 17.3 Å². The highest BCUT2D eigenvalue weighted by atomic mass is 35.5. The molecule has 2 aromatic carbocycles. The minimum absolute atomic E-state index is 0.0175. The fourth-order valence-corrected chi connectivity index (χ4v) is 2.74. The van der Waals surface area contributed by atoms with Crippen molar-refractivity contribution in [2.45, 2.75) is 26.5 Å². The highest BCUT2D eigenvalue weighted by Gasteiger charge is 2.27. The summed E-state index contributed by atoms with van der Waals surface area (Å²) in [5, 5.41) is 23.9. The first-order chi connectivity index (χ1) is 14.1. The predicted octanol–water partition coefficient (Wildman–Crippen LogP) is 3.65. The Balaban J connectivity index is 2.05. The quantitative estimate of drug-likeness (QED) is 0.378. The lowest BCUT2D eigenvalue weighted by Gasteiger charge is -2.21. The van der Waals surface area contributed by atoms with Crippen molar-refractivity contribution in [3.63, 3.8) is 0 Å². The van der Waals surface area contributed by atoms with Gasteiger partial charge in [-0.1, -0.05) is 25.4 Å². The molecule has 0 aromatic heterocycles. The topological polar surface area (TPSA) is 142 Å². The van der Waals surface area contributed by atoms with E-state index in [2.05, 4.69) is 5.32 Å². The third-order valence-electron chi connectivity index (χ3n) is 4.14. The zero-order chi connectivity index (χ0) is 22.4. The molecule has 1 amide bonds. The van der Waals surface area contributed by atoms with Crippen LogP contribution in [0.25, 0.3) is 0 Å². The summed E-state index contributed by atoms with van der Waals surface area (Å²) < 4.78 is 5.22. The van der Waals surface area contributed by atoms with Crippen molar-refractivity contribution in [1.82, 2.24) is 5.32 Å². The van der Waals surface area contributed by atoms with Gasteiger partial charge in [0.15, 0.2) is 0 Å². The van der Waals surface area contributed by atoms with Crippen LogP contribution in [0.3, 0.4) is 0 Å². The zero-order valence-electron chi connectivity index (χ0n) is 16.0. The van der Waals surface area contributed by atoms with Crippen LogP contribution in [-0.4, -0.2) is 27.8 Å². The van der Waals surface area contributed by atoms with Gasteiger partial charge in [0.2, 0.25) is 0 Å². The maximum Gasteiger partial charge on any atom is 0.329 e. The maximum atomic E-state index is 12.5. The second-order valence-corrected chi connectivity index (χ2v) is 7.05. The van der Waals surface area contributed by atoms with Gasteiger partial charge in [0.1, 0.15) is 12.6 Å². The number of non-ortho nitro benzene ring substituents is 2. The Kier molecular flexibility index (Phi) is 7.43. The van der Waals surface area contributed by atoms with Crippen LogP contribution in [0, 0.1) is 26.1 Å². The van der Waals surface area contributed by atoms with E-state index in [9.17, 15) is 29.8 Å². The van der Waals surface area contributed by atoms with Crippen molar-refractivity contribution in [2.24, 2.45) is 5.92 Å². The monoisotopic (exact) mass is 435 g/mol. The van der Waals surface area contributed by atoms with Gasteiger partial charge in [0.05, 0.1) is 20.4 Å². The van der Waals surface area contributed by atoms with Crippen LogP contribution in [0.4, 0.5) is 11.4 Å². The highest BCUT2D eigenvalue weighted by molar-refractivity contribution is 6.34. The van der Waals surface area contributed by atoms with Gasteiger partial charge >= 0.3 is 5.97 Å². The van der Waals surface area contributed by atoms with Gasteiger partial charge in [-0.25, -0.2) is 4.79 Å². The van der Waals surface area contributed by atoms with Gasteiger partial charge < -0.3 is 10.1 Å². The molecule has 11 heteroatoms. The first-order valence-corrected chi connectivity index (χ1v) is 9.12. The number of carbonyl (C=O) groups excluding carboxylic acids is 2. The number of nitrogens with zero attached hydrogens (tertiary/aromatic N) is 2. The summed E-state index contributed by atoms with van der Waals surface area (Å²) in [5.74, 6) is -1.70. The minimum Gasteiger partial charge on any atom is -0.459 e. The number of carbonyl (C=O) groups is 2. The van der Waals surface area contributed by atoms with Crippen LogP contribution in [0.1, 0.15) is 29.8 Å². The van der Waals surface area contributed by atoms with Crippen molar-refractivity contribution >= 4 is 34.9 Å². The molecule has 0 bridgehead atoms. The molecule has 0 aliphatic carbocycles. The summed E-state index contributed by atoms with van der Waals surface area (Å²) in [6, 6.07) is 7.90. The number of hydrogen-bond donors (Lipinski definition) is 1. The molecule has 0 aliphatic heterocycles. The number of amides is 1. The third kappa shape index (κ3) is 5.74. The molecule has 0 heterocycles. The molecule has 2 rings (SSSR count). The summed E-state index contributed by atoms with van der Waals surface area (Å²) in [4.78, 5) is 45.2. The summed E-state index contributed by atoms with van der Waals surface area (Å²) in [7, 11) is 0. The fourth-order valence-electron chi connectivity index (χ4n) is 2.48. The van der Waals surface area contributed by atoms with Crippen LogP contribution in [-0.2, 0) is 16.1 Å². The van der Waals surface area contributed by atoms with Crippen LogP contribution in [0.2, 0.25) is 5.02 Å². The number of nitrogens with one attached hydrogen (secondary N) is 1. The Bertz CT molecular complexity index is 977. The van der Waals surface area contributed by atoms with Gasteiger partial charge in [-0.05, 0) is 29.7 Å². The van der Waals surface area contributed by atoms with Crippen molar-refractivity contribution in [2.75, 3.05) is 0 Å². The number of rotatable bonds is 8. The van der Waals surface area contributed by atoms with E-state index in [1.807, 2.05) is 0 Å². The number of ether oxygens (including phenoxy) is 1. The van der Waals surface area contributed by atoms with E-state index in [0.717, 1.165) is 12.1 Å². The molecule has 158 valence electrons. The number of nitro benzene ring substituents is 2. The summed E-state index contributed by atoms with van der Waals surface area (Å²) >= 11 is 5.96. The molecule has 30 heavy (non-hydrogen) atoms. The molecule has 0 radical (unpaired) electrons. The Hall–Kier alpha value is -3.53. The van der Waals surface area contributed by atoms with Crippen molar-refractivity contribution in [3.05, 3.63) is 78.8 Å². The molecule has 1 atom stereocenters.